The van der Waals surface area contributed by atoms with Gasteiger partial charge in [0, 0.05) is 5.56 Å². The molecule has 0 spiro atoms. The van der Waals surface area contributed by atoms with Crippen LogP contribution in [0.1, 0.15) is 6.42 Å². The predicted molar refractivity (Wildman–Crippen MR) is 161 cm³/mol. The Hall–Kier alpha value is -3.93. The van der Waals surface area contributed by atoms with Crippen molar-refractivity contribution in [1.82, 2.24) is 0 Å². The topological polar surface area (TPSA) is 9.23 Å². The van der Waals surface area contributed by atoms with Crippen LogP contribution in [0.4, 0.5) is 0 Å². The third-order valence-electron chi connectivity index (χ3n) is 6.87. The maximum atomic E-state index is 6.58. The lowest BCUT2D eigenvalue weighted by Gasteiger charge is -2.20. The highest BCUT2D eigenvalue weighted by Gasteiger charge is 2.16. The molecule has 0 unspecified atom stereocenters. The van der Waals surface area contributed by atoms with Crippen LogP contribution < -0.4 is 15.3 Å². The summed E-state index contributed by atoms with van der Waals surface area (Å²) in [6, 6.07) is 50.0. The van der Waals surface area contributed by atoms with E-state index in [-0.39, 0.29) is 0 Å². The highest BCUT2D eigenvalue weighted by atomic mass is 31.1. The average Bonchev–Trinajstić information content (AvgIpc) is 2.97. The molecule has 0 aliphatic carbocycles. The molecule has 37 heavy (non-hydrogen) atoms. The van der Waals surface area contributed by atoms with Gasteiger partial charge in [0.1, 0.15) is 5.75 Å². The van der Waals surface area contributed by atoms with E-state index < -0.39 is 7.92 Å². The van der Waals surface area contributed by atoms with E-state index in [1.807, 2.05) is 0 Å². The molecular weight excluding hydrogens is 467 g/mol. The molecule has 6 aromatic rings. The molecule has 0 bridgehead atoms. The van der Waals surface area contributed by atoms with Gasteiger partial charge in [-0.2, -0.15) is 0 Å². The van der Waals surface area contributed by atoms with E-state index in [0.29, 0.717) is 6.61 Å². The van der Waals surface area contributed by atoms with Crippen LogP contribution in [-0.2, 0) is 0 Å². The van der Waals surface area contributed by atoms with Crippen LogP contribution in [-0.4, -0.2) is 12.8 Å². The molecular formula is C35H29OP. The summed E-state index contributed by atoms with van der Waals surface area (Å²) in [6.45, 7) is 0.689. The Morgan fingerprint density at radius 1 is 0.486 bits per heavy atom. The van der Waals surface area contributed by atoms with Gasteiger partial charge < -0.3 is 4.74 Å². The summed E-state index contributed by atoms with van der Waals surface area (Å²) in [6.07, 6.45) is 2.10. The Balaban J connectivity index is 1.30. The molecule has 0 amide bonds. The van der Waals surface area contributed by atoms with Crippen molar-refractivity contribution in [2.24, 2.45) is 0 Å². The van der Waals surface area contributed by atoms with Crippen molar-refractivity contribution in [2.75, 3.05) is 12.8 Å². The van der Waals surface area contributed by atoms with E-state index in [4.69, 9.17) is 4.74 Å². The molecule has 0 aromatic heterocycles. The number of hydrogen-bond donors (Lipinski definition) is 0. The SMILES string of the molecule is c1ccc(P(CCCOc2ccc3ccccc3c2-c2cccc3ccccc23)c2ccccc2)cc1. The molecule has 0 N–H and O–H groups in total. The van der Waals surface area contributed by atoms with Gasteiger partial charge in [0.25, 0.3) is 0 Å². The fourth-order valence-corrected chi connectivity index (χ4v) is 7.44. The van der Waals surface area contributed by atoms with Crippen LogP contribution in [0.5, 0.6) is 5.75 Å². The fourth-order valence-electron chi connectivity index (χ4n) is 5.12. The lowest BCUT2D eigenvalue weighted by atomic mass is 9.93. The summed E-state index contributed by atoms with van der Waals surface area (Å²) in [5.41, 5.74) is 2.41. The quantitative estimate of drug-likeness (QED) is 0.151. The van der Waals surface area contributed by atoms with Gasteiger partial charge in [-0.15, -0.1) is 0 Å². The lowest BCUT2D eigenvalue weighted by Crippen LogP contribution is -2.15. The van der Waals surface area contributed by atoms with Crippen molar-refractivity contribution in [3.05, 3.63) is 140 Å². The predicted octanol–water partition coefficient (Wildman–Crippen LogP) is 8.56. The standard InChI is InChI=1S/C35H29OP/c1-3-16-29(17-4-1)37(30-18-5-2-6-19-30)26-12-25-36-34-24-23-28-14-8-10-21-32(28)35(34)33-22-11-15-27-13-7-9-20-31(27)33/h1-11,13-24H,12,25-26H2. The molecule has 0 heterocycles. The molecule has 0 fully saturated rings. The first-order chi connectivity index (χ1) is 18.4. The van der Waals surface area contributed by atoms with Crippen molar-refractivity contribution < 1.29 is 4.74 Å². The smallest absolute Gasteiger partial charge is 0.127 e. The molecule has 0 radical (unpaired) electrons. The largest absolute Gasteiger partial charge is 0.493 e. The molecule has 0 aliphatic rings. The second kappa shape index (κ2) is 11.0. The van der Waals surface area contributed by atoms with Gasteiger partial charge in [-0.3, -0.25) is 0 Å². The number of hydrogen-bond acceptors (Lipinski definition) is 1. The van der Waals surface area contributed by atoms with Crippen molar-refractivity contribution in [3.63, 3.8) is 0 Å². The number of ether oxygens (including phenoxy) is 1. The maximum Gasteiger partial charge on any atom is 0.127 e. The van der Waals surface area contributed by atoms with Crippen LogP contribution in [0.15, 0.2) is 140 Å². The monoisotopic (exact) mass is 496 g/mol. The molecule has 0 saturated carbocycles. The van der Waals surface area contributed by atoms with Gasteiger partial charge in [-0.25, -0.2) is 0 Å². The molecule has 6 aromatic carbocycles. The zero-order valence-electron chi connectivity index (χ0n) is 20.8. The fraction of sp³-hybridized carbons (Fsp3) is 0.0857. The second-order valence-corrected chi connectivity index (χ2v) is 11.5. The van der Waals surface area contributed by atoms with E-state index in [0.717, 1.165) is 18.3 Å². The van der Waals surface area contributed by atoms with Gasteiger partial charge >= 0.3 is 0 Å². The zero-order chi connectivity index (χ0) is 24.9. The summed E-state index contributed by atoms with van der Waals surface area (Å²) < 4.78 is 6.58. The normalized spacial score (nSPS) is 11.3. The summed E-state index contributed by atoms with van der Waals surface area (Å²) in [7, 11) is -0.415. The summed E-state index contributed by atoms with van der Waals surface area (Å²) in [4.78, 5) is 0. The average molecular weight is 497 g/mol. The van der Waals surface area contributed by atoms with Crippen molar-refractivity contribution >= 4 is 40.1 Å². The van der Waals surface area contributed by atoms with E-state index in [2.05, 4.69) is 140 Å². The Kier molecular flexibility index (Phi) is 6.97. The highest BCUT2D eigenvalue weighted by molar-refractivity contribution is 7.73. The molecule has 2 heteroatoms. The van der Waals surface area contributed by atoms with Crippen LogP contribution >= 0.6 is 7.92 Å². The summed E-state index contributed by atoms with van der Waals surface area (Å²) in [5.74, 6) is 0.957. The molecule has 0 atom stereocenters. The van der Waals surface area contributed by atoms with E-state index >= 15 is 0 Å². The molecule has 0 saturated heterocycles. The minimum absolute atomic E-state index is 0.415. The van der Waals surface area contributed by atoms with Crippen LogP contribution in [0.25, 0.3) is 32.7 Å². The van der Waals surface area contributed by atoms with Gasteiger partial charge in [0.15, 0.2) is 0 Å². The Morgan fingerprint density at radius 2 is 1.05 bits per heavy atom. The third-order valence-corrected chi connectivity index (χ3v) is 9.48. The van der Waals surface area contributed by atoms with Crippen molar-refractivity contribution in [3.8, 4) is 16.9 Å². The maximum absolute atomic E-state index is 6.58. The van der Waals surface area contributed by atoms with Crippen molar-refractivity contribution in [1.29, 1.82) is 0 Å². The Labute approximate surface area is 220 Å². The lowest BCUT2D eigenvalue weighted by molar-refractivity contribution is 0.320. The Bertz CT molecular complexity index is 1580. The van der Waals surface area contributed by atoms with E-state index in [1.54, 1.807) is 0 Å². The first-order valence-electron chi connectivity index (χ1n) is 12.9. The molecule has 1 nitrogen and oxygen atoms in total. The van der Waals surface area contributed by atoms with Gasteiger partial charge in [-0.1, -0.05) is 133 Å². The molecule has 6 rings (SSSR count). The second-order valence-electron chi connectivity index (χ2n) is 9.21. The summed E-state index contributed by atoms with van der Waals surface area (Å²) in [5, 5.41) is 7.80. The van der Waals surface area contributed by atoms with Crippen LogP contribution in [0.3, 0.4) is 0 Å². The highest BCUT2D eigenvalue weighted by Crippen LogP contribution is 2.41. The number of benzene rings is 6. The number of rotatable bonds is 8. The van der Waals surface area contributed by atoms with Gasteiger partial charge in [0.2, 0.25) is 0 Å². The minimum Gasteiger partial charge on any atom is -0.493 e. The first-order valence-corrected chi connectivity index (χ1v) is 14.4. The minimum atomic E-state index is -0.415. The summed E-state index contributed by atoms with van der Waals surface area (Å²) >= 11 is 0. The van der Waals surface area contributed by atoms with Gasteiger partial charge in [-0.05, 0) is 64.3 Å². The third kappa shape index (κ3) is 5.01. The zero-order valence-corrected chi connectivity index (χ0v) is 21.7. The van der Waals surface area contributed by atoms with Gasteiger partial charge in [0.05, 0.1) is 6.61 Å². The number of fused-ring (bicyclic) bond motifs is 2. The molecule has 0 aliphatic heterocycles. The van der Waals surface area contributed by atoms with Crippen LogP contribution in [0.2, 0.25) is 0 Å². The van der Waals surface area contributed by atoms with Crippen LogP contribution in [0, 0.1) is 0 Å². The first kappa shape index (κ1) is 23.5. The Morgan fingerprint density at radius 3 is 1.76 bits per heavy atom. The van der Waals surface area contributed by atoms with E-state index in [9.17, 15) is 0 Å². The van der Waals surface area contributed by atoms with E-state index in [1.165, 1.54) is 43.3 Å². The molecule has 180 valence electrons. The van der Waals surface area contributed by atoms with Crippen molar-refractivity contribution in [2.45, 2.75) is 6.42 Å².